The fraction of sp³-hybridized carbons (Fsp3) is 0.556. The number of hydrogen-bond acceptors (Lipinski definition) is 5. The van der Waals surface area contributed by atoms with Crippen LogP contribution in [0.4, 0.5) is 4.79 Å². The summed E-state index contributed by atoms with van der Waals surface area (Å²) < 4.78 is 5.24. The predicted molar refractivity (Wildman–Crippen MR) is 136 cm³/mol. The second kappa shape index (κ2) is 12.4. The molecule has 1 aromatic rings. The summed E-state index contributed by atoms with van der Waals surface area (Å²) in [5.74, 6) is -2.06. The summed E-state index contributed by atoms with van der Waals surface area (Å²) in [7, 11) is 0. The molecular weight excluding hydrogens is 460 g/mol. The molecule has 1 aliphatic carbocycles. The van der Waals surface area contributed by atoms with E-state index in [0.29, 0.717) is 5.56 Å². The number of primary amides is 1. The van der Waals surface area contributed by atoms with Gasteiger partial charge < -0.3 is 21.1 Å². The van der Waals surface area contributed by atoms with E-state index in [1.165, 1.54) is 0 Å². The number of alkyl carbamates (subject to hydrolysis) is 1. The molecule has 0 radical (unpaired) electrons. The van der Waals surface area contributed by atoms with Gasteiger partial charge >= 0.3 is 6.09 Å². The van der Waals surface area contributed by atoms with Crippen LogP contribution < -0.4 is 16.4 Å². The summed E-state index contributed by atoms with van der Waals surface area (Å²) in [5, 5.41) is 5.44. The fourth-order valence-electron chi connectivity index (χ4n) is 4.26. The van der Waals surface area contributed by atoms with Crippen LogP contribution >= 0.6 is 0 Å². The highest BCUT2D eigenvalue weighted by atomic mass is 16.6. The molecule has 0 heterocycles. The number of rotatable bonds is 8. The average molecular weight is 499 g/mol. The Morgan fingerprint density at radius 1 is 1.17 bits per heavy atom. The van der Waals surface area contributed by atoms with Crippen molar-refractivity contribution in [1.29, 1.82) is 0 Å². The first-order chi connectivity index (χ1) is 16.8. The molecule has 2 unspecified atom stereocenters. The maximum absolute atomic E-state index is 13.6. The molecule has 2 rings (SSSR count). The van der Waals surface area contributed by atoms with Crippen molar-refractivity contribution in [3.8, 4) is 12.5 Å². The molecule has 0 aromatic heterocycles. The number of carbonyl (C=O) groups is 4. The van der Waals surface area contributed by atoms with Crippen molar-refractivity contribution in [1.82, 2.24) is 15.5 Å². The number of nitrogens with two attached hydrogens (primary N) is 1. The first-order valence-electron chi connectivity index (χ1n) is 12.3. The van der Waals surface area contributed by atoms with Crippen LogP contribution in [0.2, 0.25) is 0 Å². The van der Waals surface area contributed by atoms with Gasteiger partial charge in [-0.05, 0) is 58.6 Å². The van der Waals surface area contributed by atoms with Gasteiger partial charge in [-0.15, -0.1) is 0 Å². The first kappa shape index (κ1) is 28.7. The third-order valence-corrected chi connectivity index (χ3v) is 5.96. The zero-order valence-electron chi connectivity index (χ0n) is 21.8. The molecule has 9 nitrogen and oxygen atoms in total. The van der Waals surface area contributed by atoms with Crippen molar-refractivity contribution in [2.75, 3.05) is 0 Å². The lowest BCUT2D eigenvalue weighted by Gasteiger charge is -2.32. The molecule has 0 spiro atoms. The van der Waals surface area contributed by atoms with Gasteiger partial charge in [0.25, 0.3) is 5.91 Å². The molecule has 0 saturated heterocycles. The lowest BCUT2D eigenvalue weighted by molar-refractivity contribution is -0.139. The number of benzene rings is 1. The minimum absolute atomic E-state index is 0.0186. The molecule has 2 atom stereocenters. The van der Waals surface area contributed by atoms with E-state index in [1.807, 2.05) is 32.0 Å². The van der Waals surface area contributed by atoms with Crippen molar-refractivity contribution in [3.63, 3.8) is 0 Å². The normalized spacial score (nSPS) is 15.7. The molecule has 36 heavy (non-hydrogen) atoms. The van der Waals surface area contributed by atoms with Gasteiger partial charge in [-0.1, -0.05) is 49.4 Å². The number of amides is 4. The SMILES string of the molecule is C#CN(C(=O)C(CC(N)=O)NC(=O)OC(C)(C)C)C(C(=O)NC1CCCCC1)c1cc(C)ccc1C. The van der Waals surface area contributed by atoms with E-state index in [1.54, 1.807) is 20.8 Å². The first-order valence-corrected chi connectivity index (χ1v) is 12.3. The van der Waals surface area contributed by atoms with Crippen LogP contribution in [0.3, 0.4) is 0 Å². The summed E-state index contributed by atoms with van der Waals surface area (Å²) in [6.07, 6.45) is 9.20. The van der Waals surface area contributed by atoms with Crippen molar-refractivity contribution in [2.24, 2.45) is 5.73 Å². The number of hydrogen-bond donors (Lipinski definition) is 3. The van der Waals surface area contributed by atoms with Crippen LogP contribution in [-0.4, -0.2) is 46.4 Å². The van der Waals surface area contributed by atoms with E-state index < -0.39 is 47.9 Å². The van der Waals surface area contributed by atoms with E-state index >= 15 is 0 Å². The summed E-state index contributed by atoms with van der Waals surface area (Å²) in [6, 6.07) is 5.28. The van der Waals surface area contributed by atoms with E-state index in [-0.39, 0.29) is 6.04 Å². The molecule has 1 saturated carbocycles. The van der Waals surface area contributed by atoms with Crippen LogP contribution in [0.15, 0.2) is 18.2 Å². The number of carbonyl (C=O) groups excluding carboxylic acids is 4. The van der Waals surface area contributed by atoms with Crippen LogP contribution in [0, 0.1) is 26.3 Å². The minimum Gasteiger partial charge on any atom is -0.444 e. The standard InChI is InChI=1S/C27H38N4O5/c1-7-31(25(34)21(16-22(28)32)30-26(35)36-27(4,5)6)23(20-15-17(2)13-14-18(20)3)24(33)29-19-11-9-8-10-12-19/h1,13-15,19,21,23H,8-12,16H2,2-6H3,(H2,28,32)(H,29,33)(H,30,35). The zero-order chi connectivity index (χ0) is 27.0. The van der Waals surface area contributed by atoms with Gasteiger partial charge in [0.15, 0.2) is 0 Å². The Morgan fingerprint density at radius 3 is 2.36 bits per heavy atom. The Bertz CT molecular complexity index is 1020. The Morgan fingerprint density at radius 2 is 1.81 bits per heavy atom. The fourth-order valence-corrected chi connectivity index (χ4v) is 4.26. The lowest BCUT2D eigenvalue weighted by Crippen LogP contribution is -2.53. The summed E-state index contributed by atoms with van der Waals surface area (Å²) in [6.45, 7) is 8.70. The number of nitrogens with one attached hydrogen (secondary N) is 2. The second-order valence-electron chi connectivity index (χ2n) is 10.3. The number of terminal acetylenes is 1. The predicted octanol–water partition coefficient (Wildman–Crippen LogP) is 2.98. The molecule has 0 aliphatic heterocycles. The molecule has 1 fully saturated rings. The lowest BCUT2D eigenvalue weighted by atomic mass is 9.93. The Kier molecular flexibility index (Phi) is 9.91. The van der Waals surface area contributed by atoms with E-state index in [0.717, 1.165) is 48.1 Å². The molecule has 196 valence electrons. The summed E-state index contributed by atoms with van der Waals surface area (Å²) >= 11 is 0. The van der Waals surface area contributed by atoms with Crippen LogP contribution in [0.25, 0.3) is 0 Å². The van der Waals surface area contributed by atoms with Gasteiger partial charge in [-0.2, -0.15) is 0 Å². The maximum Gasteiger partial charge on any atom is 0.408 e. The molecule has 4 N–H and O–H groups in total. The molecule has 1 aliphatic rings. The van der Waals surface area contributed by atoms with Crippen molar-refractivity contribution in [2.45, 2.75) is 96.9 Å². The van der Waals surface area contributed by atoms with Crippen molar-refractivity contribution < 1.29 is 23.9 Å². The highest BCUT2D eigenvalue weighted by molar-refractivity contribution is 5.95. The van der Waals surface area contributed by atoms with Crippen LogP contribution in [0.5, 0.6) is 0 Å². The monoisotopic (exact) mass is 498 g/mol. The summed E-state index contributed by atoms with van der Waals surface area (Å²) in [4.78, 5) is 52.4. The van der Waals surface area contributed by atoms with Crippen molar-refractivity contribution in [3.05, 3.63) is 34.9 Å². The van der Waals surface area contributed by atoms with Gasteiger partial charge in [0, 0.05) is 12.1 Å². The number of ether oxygens (including phenoxy) is 1. The van der Waals surface area contributed by atoms with Gasteiger partial charge in [-0.3, -0.25) is 19.3 Å². The maximum atomic E-state index is 13.6. The molecule has 9 heteroatoms. The van der Waals surface area contributed by atoms with E-state index in [9.17, 15) is 19.2 Å². The highest BCUT2D eigenvalue weighted by Crippen LogP contribution is 2.28. The van der Waals surface area contributed by atoms with E-state index in [2.05, 4.69) is 16.7 Å². The smallest absolute Gasteiger partial charge is 0.408 e. The number of aryl methyl sites for hydroxylation is 2. The van der Waals surface area contributed by atoms with Gasteiger partial charge in [-0.25, -0.2) is 4.79 Å². The topological polar surface area (TPSA) is 131 Å². The third-order valence-electron chi connectivity index (χ3n) is 5.96. The molecule has 1 aromatic carbocycles. The van der Waals surface area contributed by atoms with E-state index in [4.69, 9.17) is 16.9 Å². The van der Waals surface area contributed by atoms with Crippen LogP contribution in [-0.2, 0) is 19.1 Å². The highest BCUT2D eigenvalue weighted by Gasteiger charge is 2.38. The third kappa shape index (κ3) is 8.29. The molecule has 0 bridgehead atoms. The van der Waals surface area contributed by atoms with Crippen molar-refractivity contribution >= 4 is 23.8 Å². The molecular formula is C27H38N4O5. The number of nitrogens with zero attached hydrogens (tertiary/aromatic N) is 1. The quantitative estimate of drug-likeness (QED) is 0.375. The Hall–Kier alpha value is -3.54. The second-order valence-corrected chi connectivity index (χ2v) is 10.3. The van der Waals surface area contributed by atoms with Crippen LogP contribution in [0.1, 0.15) is 82.0 Å². The molecule has 4 amide bonds. The van der Waals surface area contributed by atoms with Gasteiger partial charge in [0.05, 0.1) is 6.42 Å². The van der Waals surface area contributed by atoms with Gasteiger partial charge in [0.1, 0.15) is 17.7 Å². The summed E-state index contributed by atoms with van der Waals surface area (Å²) in [5.41, 5.74) is 6.73. The van der Waals surface area contributed by atoms with Gasteiger partial charge in [0.2, 0.25) is 11.8 Å². The Balaban J connectivity index is 2.45. The zero-order valence-corrected chi connectivity index (χ0v) is 21.8. The average Bonchev–Trinajstić information content (AvgIpc) is 2.77. The minimum atomic E-state index is -1.41. The Labute approximate surface area is 213 Å². The largest absolute Gasteiger partial charge is 0.444 e.